The summed E-state index contributed by atoms with van der Waals surface area (Å²) in [5.74, 6) is -0.832. The van der Waals surface area contributed by atoms with Gasteiger partial charge in [-0.2, -0.15) is 0 Å². The van der Waals surface area contributed by atoms with Crippen molar-refractivity contribution < 1.29 is 9.18 Å². The molecule has 0 saturated heterocycles. The molecule has 0 aliphatic rings. The summed E-state index contributed by atoms with van der Waals surface area (Å²) in [5, 5.41) is 0.631. The van der Waals surface area contributed by atoms with Crippen LogP contribution in [0.5, 0.6) is 0 Å². The highest BCUT2D eigenvalue weighted by molar-refractivity contribution is 6.30. The predicted octanol–water partition coefficient (Wildman–Crippen LogP) is 3.84. The molecule has 0 saturated carbocycles. The van der Waals surface area contributed by atoms with E-state index in [1.165, 1.54) is 17.0 Å². The maximum absolute atomic E-state index is 14.7. The molecule has 0 fully saturated rings. The van der Waals surface area contributed by atoms with Crippen molar-refractivity contribution in [3.63, 3.8) is 0 Å². The Hall–Kier alpha value is -3.19. The van der Waals surface area contributed by atoms with Crippen molar-refractivity contribution in [2.24, 2.45) is 0 Å². The van der Waals surface area contributed by atoms with Crippen molar-refractivity contribution in [2.45, 2.75) is 13.5 Å². The lowest BCUT2D eigenvalue weighted by Crippen LogP contribution is -2.27. The number of rotatable bonds is 3. The largest absolute Gasteiger partial charge is 0.382 e. The van der Waals surface area contributed by atoms with Crippen LogP contribution < -0.4 is 5.73 Å². The quantitative estimate of drug-likeness (QED) is 0.570. The average Bonchev–Trinajstić information content (AvgIpc) is 3.14. The van der Waals surface area contributed by atoms with E-state index in [9.17, 15) is 9.18 Å². The molecule has 2 heterocycles. The molecule has 0 atom stereocenters. The van der Waals surface area contributed by atoms with Crippen molar-refractivity contribution in [3.8, 4) is 0 Å². The van der Waals surface area contributed by atoms with E-state index in [-0.39, 0.29) is 11.4 Å². The number of imidazole rings is 1. The highest BCUT2D eigenvalue weighted by atomic mass is 35.5. The number of hydrogen-bond donors (Lipinski definition) is 1. The molecule has 1 amide bonds. The van der Waals surface area contributed by atoms with Crippen LogP contribution in [0.3, 0.4) is 0 Å². The van der Waals surface area contributed by atoms with Crippen molar-refractivity contribution in [1.29, 1.82) is 0 Å². The highest BCUT2D eigenvalue weighted by Gasteiger charge is 2.20. The Morgan fingerprint density at radius 1 is 1.29 bits per heavy atom. The number of halogens is 2. The molecule has 0 radical (unpaired) electrons. The maximum atomic E-state index is 14.7. The molecule has 2 aromatic heterocycles. The van der Waals surface area contributed by atoms with Crippen molar-refractivity contribution in [1.82, 2.24) is 19.3 Å². The van der Waals surface area contributed by atoms with Crippen LogP contribution in [0.2, 0.25) is 5.02 Å². The summed E-state index contributed by atoms with van der Waals surface area (Å²) in [6.07, 6.45) is 3.13. The molecule has 4 rings (SSSR count). The molecule has 0 aliphatic carbocycles. The molecule has 0 aliphatic heterocycles. The first kappa shape index (κ1) is 18.2. The van der Waals surface area contributed by atoms with Gasteiger partial charge in [0.1, 0.15) is 17.2 Å². The van der Waals surface area contributed by atoms with Crippen LogP contribution in [-0.4, -0.2) is 32.2 Å². The van der Waals surface area contributed by atoms with Gasteiger partial charge in [-0.3, -0.25) is 9.20 Å². The van der Waals surface area contributed by atoms with Crippen LogP contribution in [0.4, 0.5) is 10.2 Å². The van der Waals surface area contributed by atoms with Crippen LogP contribution in [0.25, 0.3) is 16.6 Å². The first-order chi connectivity index (χ1) is 13.3. The number of hydrogen-bond acceptors (Lipinski definition) is 4. The van der Waals surface area contributed by atoms with Gasteiger partial charge in [-0.25, -0.2) is 14.4 Å². The molecular formula is C20H17ClFN5O. The van der Waals surface area contributed by atoms with Gasteiger partial charge >= 0.3 is 0 Å². The standard InChI is InChI=1S/C20H17ClFN5O/c1-11-5-13(21)4-3-12(11)9-26(2)20(28)14-6-17-16(7-15(14)22)25-19(23)18-8-24-10-27(17)18/h3-8,10H,9H2,1-2H3,(H2,23,25). The summed E-state index contributed by atoms with van der Waals surface area (Å²) in [4.78, 5) is 22.7. The highest BCUT2D eigenvalue weighted by Crippen LogP contribution is 2.24. The van der Waals surface area contributed by atoms with E-state index >= 15 is 0 Å². The first-order valence-corrected chi connectivity index (χ1v) is 8.94. The molecule has 28 heavy (non-hydrogen) atoms. The molecule has 2 aromatic carbocycles. The first-order valence-electron chi connectivity index (χ1n) is 8.56. The molecule has 8 heteroatoms. The van der Waals surface area contributed by atoms with E-state index < -0.39 is 11.7 Å². The van der Waals surface area contributed by atoms with Gasteiger partial charge in [0, 0.05) is 24.7 Å². The van der Waals surface area contributed by atoms with Crippen molar-refractivity contribution in [2.75, 3.05) is 12.8 Å². The predicted molar refractivity (Wildman–Crippen MR) is 107 cm³/mol. The van der Waals surface area contributed by atoms with Gasteiger partial charge in [-0.15, -0.1) is 0 Å². The van der Waals surface area contributed by atoms with E-state index in [2.05, 4.69) is 9.97 Å². The van der Waals surface area contributed by atoms with Crippen LogP contribution in [0, 0.1) is 12.7 Å². The van der Waals surface area contributed by atoms with Crippen molar-refractivity contribution in [3.05, 3.63) is 70.4 Å². The fraction of sp³-hybridized carbons (Fsp3) is 0.150. The zero-order valence-electron chi connectivity index (χ0n) is 15.3. The zero-order valence-corrected chi connectivity index (χ0v) is 16.0. The van der Waals surface area contributed by atoms with E-state index in [0.29, 0.717) is 28.1 Å². The summed E-state index contributed by atoms with van der Waals surface area (Å²) < 4.78 is 16.4. The minimum Gasteiger partial charge on any atom is -0.382 e. The van der Waals surface area contributed by atoms with Gasteiger partial charge in [0.2, 0.25) is 0 Å². The number of nitrogen functional groups attached to an aromatic ring is 1. The van der Waals surface area contributed by atoms with Gasteiger partial charge in [0.15, 0.2) is 0 Å². The number of carbonyl (C=O) groups is 1. The SMILES string of the molecule is Cc1cc(Cl)ccc1CN(C)C(=O)c1cc2c(cc1F)nc(N)c1cncn12. The molecule has 0 unspecified atom stereocenters. The van der Waals surface area contributed by atoms with E-state index in [1.807, 2.05) is 19.1 Å². The Kier molecular flexibility index (Phi) is 4.39. The van der Waals surface area contributed by atoms with Crippen molar-refractivity contribution >= 4 is 39.9 Å². The van der Waals surface area contributed by atoms with Gasteiger partial charge in [0.25, 0.3) is 5.91 Å². The van der Waals surface area contributed by atoms with E-state index in [1.54, 1.807) is 30.0 Å². The Bertz CT molecular complexity index is 1240. The summed E-state index contributed by atoms with van der Waals surface area (Å²) in [5.41, 5.74) is 9.27. The third kappa shape index (κ3) is 3.03. The van der Waals surface area contributed by atoms with Gasteiger partial charge < -0.3 is 10.6 Å². The minimum atomic E-state index is -0.649. The lowest BCUT2D eigenvalue weighted by atomic mass is 10.1. The molecule has 142 valence electrons. The van der Waals surface area contributed by atoms with Gasteiger partial charge in [0.05, 0.1) is 29.1 Å². The number of nitrogens with two attached hydrogens (primary N) is 1. The molecule has 6 nitrogen and oxygen atoms in total. The maximum Gasteiger partial charge on any atom is 0.256 e. The average molecular weight is 398 g/mol. The fourth-order valence-corrected chi connectivity index (χ4v) is 3.46. The molecule has 4 aromatic rings. The Morgan fingerprint density at radius 2 is 2.07 bits per heavy atom. The minimum absolute atomic E-state index is 0.0387. The third-order valence-corrected chi connectivity index (χ3v) is 4.99. The number of benzene rings is 2. The second-order valence-corrected chi connectivity index (χ2v) is 7.14. The van der Waals surface area contributed by atoms with E-state index in [4.69, 9.17) is 17.3 Å². The number of aryl methyl sites for hydroxylation is 1. The monoisotopic (exact) mass is 397 g/mol. The summed E-state index contributed by atoms with van der Waals surface area (Å²) in [6, 6.07) is 8.17. The Balaban J connectivity index is 1.74. The number of amides is 1. The fourth-order valence-electron chi connectivity index (χ4n) is 3.23. The number of nitrogens with zero attached hydrogens (tertiary/aromatic N) is 4. The number of carbonyl (C=O) groups excluding carboxylic acids is 1. The molecule has 0 bridgehead atoms. The Morgan fingerprint density at radius 3 is 2.82 bits per heavy atom. The zero-order chi connectivity index (χ0) is 20.0. The van der Waals surface area contributed by atoms with Gasteiger partial charge in [-0.05, 0) is 36.2 Å². The molecule has 2 N–H and O–H groups in total. The topological polar surface area (TPSA) is 76.5 Å². The van der Waals surface area contributed by atoms with E-state index in [0.717, 1.165) is 11.1 Å². The number of aromatic nitrogens is 3. The van der Waals surface area contributed by atoms with Crippen LogP contribution >= 0.6 is 11.6 Å². The Labute approximate surface area is 165 Å². The van der Waals surface area contributed by atoms with Crippen LogP contribution in [0.1, 0.15) is 21.5 Å². The number of anilines is 1. The molecule has 0 spiro atoms. The second kappa shape index (κ2) is 6.76. The lowest BCUT2D eigenvalue weighted by Gasteiger charge is -2.19. The molecular weight excluding hydrogens is 381 g/mol. The number of fused-ring (bicyclic) bond motifs is 3. The second-order valence-electron chi connectivity index (χ2n) is 6.70. The van der Waals surface area contributed by atoms with Gasteiger partial charge in [-0.1, -0.05) is 17.7 Å². The third-order valence-electron chi connectivity index (χ3n) is 4.75. The van der Waals surface area contributed by atoms with Crippen LogP contribution in [-0.2, 0) is 6.54 Å². The summed E-state index contributed by atoms with van der Waals surface area (Å²) in [6.45, 7) is 2.25. The summed E-state index contributed by atoms with van der Waals surface area (Å²) >= 11 is 5.99. The smallest absolute Gasteiger partial charge is 0.256 e. The lowest BCUT2D eigenvalue weighted by molar-refractivity contribution is 0.0780. The normalized spacial score (nSPS) is 11.3. The van der Waals surface area contributed by atoms with Crippen LogP contribution in [0.15, 0.2) is 42.9 Å². The summed E-state index contributed by atoms with van der Waals surface area (Å²) in [7, 11) is 1.63.